The van der Waals surface area contributed by atoms with Gasteiger partial charge in [0.25, 0.3) is 0 Å². The molecule has 0 saturated carbocycles. The van der Waals surface area contributed by atoms with Crippen molar-refractivity contribution >= 4 is 10.1 Å². The first-order valence-electron chi connectivity index (χ1n) is 11.0. The van der Waals surface area contributed by atoms with Crippen molar-refractivity contribution < 1.29 is 47.6 Å². The molecular weight excluding hydrogens is 371 g/mol. The molecule has 0 spiro atoms. The van der Waals surface area contributed by atoms with Gasteiger partial charge in [-0.2, -0.15) is 0 Å². The maximum absolute atomic E-state index is 11.5. The second-order valence-electron chi connectivity index (χ2n) is 7.81. The molecule has 4 nitrogen and oxygen atoms in total. The van der Waals surface area contributed by atoms with Crippen LogP contribution in [0.4, 0.5) is 0 Å². The maximum Gasteiger partial charge on any atom is 1.00 e. The van der Waals surface area contributed by atoms with Crippen LogP contribution >= 0.6 is 0 Å². The van der Waals surface area contributed by atoms with Gasteiger partial charge in [-0.25, -0.2) is 8.42 Å². The molecule has 0 radical (unpaired) electrons. The van der Waals surface area contributed by atoms with Crippen LogP contribution in [0, 0.1) is 0 Å². The normalized spacial score (nSPS) is 13.9. The Morgan fingerprint density at radius 1 is 0.667 bits per heavy atom. The van der Waals surface area contributed by atoms with Gasteiger partial charge in [-0.05, 0) is 25.7 Å². The largest absolute Gasteiger partial charge is 1.00 e. The van der Waals surface area contributed by atoms with Crippen molar-refractivity contribution in [2.45, 2.75) is 134 Å². The number of hydrogen-bond acceptors (Lipinski definition) is 4. The van der Waals surface area contributed by atoms with E-state index in [-0.39, 0.29) is 35.7 Å². The molecule has 0 aliphatic rings. The molecule has 0 aliphatic heterocycles. The minimum atomic E-state index is -4.16. The van der Waals surface area contributed by atoms with Gasteiger partial charge in [-0.3, -0.25) is 0 Å². The average molecular weight is 415 g/mol. The third-order valence-corrected chi connectivity index (χ3v) is 6.51. The first kappa shape index (κ1) is 30.1. The SMILES string of the molecule is CCCCCCCCCC(CCCCCCCC(O)CCC)S(=O)(=O)[O-].[Na+]. The monoisotopic (exact) mass is 414 g/mol. The topological polar surface area (TPSA) is 77.4 Å². The van der Waals surface area contributed by atoms with Crippen LogP contribution in [-0.2, 0) is 10.1 Å². The van der Waals surface area contributed by atoms with Crippen LogP contribution in [0.5, 0.6) is 0 Å². The van der Waals surface area contributed by atoms with Gasteiger partial charge in [0, 0.05) is 5.25 Å². The van der Waals surface area contributed by atoms with E-state index in [2.05, 4.69) is 13.8 Å². The Labute approximate surface area is 191 Å². The van der Waals surface area contributed by atoms with E-state index < -0.39 is 15.4 Å². The van der Waals surface area contributed by atoms with Gasteiger partial charge < -0.3 is 9.66 Å². The van der Waals surface area contributed by atoms with Gasteiger partial charge in [0.2, 0.25) is 0 Å². The number of aliphatic hydroxyl groups excluding tert-OH is 1. The summed E-state index contributed by atoms with van der Waals surface area (Å²) >= 11 is 0. The van der Waals surface area contributed by atoms with E-state index >= 15 is 0 Å². The minimum absolute atomic E-state index is 0. The molecular formula is C21H43NaO4S. The van der Waals surface area contributed by atoms with Crippen molar-refractivity contribution in [3.8, 4) is 0 Å². The maximum atomic E-state index is 11.5. The molecule has 1 N–H and O–H groups in total. The molecule has 0 aliphatic carbocycles. The van der Waals surface area contributed by atoms with Gasteiger partial charge >= 0.3 is 29.6 Å². The van der Waals surface area contributed by atoms with Gasteiger partial charge in [-0.15, -0.1) is 0 Å². The van der Waals surface area contributed by atoms with Gasteiger partial charge in [0.05, 0.1) is 16.2 Å². The number of rotatable bonds is 19. The Bertz CT molecular complexity index is 401. The minimum Gasteiger partial charge on any atom is -0.748 e. The summed E-state index contributed by atoms with van der Waals surface area (Å²) in [4.78, 5) is 0. The van der Waals surface area contributed by atoms with E-state index in [1.165, 1.54) is 25.7 Å². The van der Waals surface area contributed by atoms with Crippen molar-refractivity contribution in [1.29, 1.82) is 0 Å². The molecule has 0 rings (SSSR count). The molecule has 0 aromatic heterocycles. The second kappa shape index (κ2) is 20.2. The standard InChI is InChI=1S/C21H44O4S.Na/c1-3-5-6-7-8-11-14-18-21(26(23,24)25)19-15-12-9-10-13-17-20(22)16-4-2;/h20-22H,3-19H2,1-2H3,(H,23,24,25);/q;+1/p-1. The van der Waals surface area contributed by atoms with E-state index in [0.717, 1.165) is 70.6 Å². The molecule has 0 aromatic rings. The van der Waals surface area contributed by atoms with Crippen LogP contribution in [0.2, 0.25) is 0 Å². The van der Waals surface area contributed by atoms with Crippen molar-refractivity contribution in [3.05, 3.63) is 0 Å². The molecule has 2 unspecified atom stereocenters. The van der Waals surface area contributed by atoms with Crippen molar-refractivity contribution in [1.82, 2.24) is 0 Å². The molecule has 0 aromatic carbocycles. The summed E-state index contributed by atoms with van der Waals surface area (Å²) < 4.78 is 34.4. The number of hydrogen-bond donors (Lipinski definition) is 1. The van der Waals surface area contributed by atoms with Crippen LogP contribution in [0.3, 0.4) is 0 Å². The van der Waals surface area contributed by atoms with Crippen molar-refractivity contribution in [3.63, 3.8) is 0 Å². The fourth-order valence-electron chi connectivity index (χ4n) is 3.52. The van der Waals surface area contributed by atoms with E-state index in [0.29, 0.717) is 12.8 Å². The average Bonchev–Trinajstić information content (AvgIpc) is 2.57. The predicted molar refractivity (Wildman–Crippen MR) is 109 cm³/mol. The zero-order valence-corrected chi connectivity index (χ0v) is 21.1. The number of aliphatic hydroxyl groups is 1. The molecule has 0 amide bonds. The first-order chi connectivity index (χ1) is 12.4. The Kier molecular flexibility index (Phi) is 22.4. The Hall–Kier alpha value is 0.870. The van der Waals surface area contributed by atoms with Crippen LogP contribution < -0.4 is 29.6 Å². The molecule has 27 heavy (non-hydrogen) atoms. The summed E-state index contributed by atoms with van der Waals surface area (Å²) in [6.07, 6.45) is 16.6. The Morgan fingerprint density at radius 3 is 1.48 bits per heavy atom. The van der Waals surface area contributed by atoms with E-state index in [9.17, 15) is 18.1 Å². The Morgan fingerprint density at radius 2 is 1.07 bits per heavy atom. The summed E-state index contributed by atoms with van der Waals surface area (Å²) in [5.74, 6) is 0. The van der Waals surface area contributed by atoms with E-state index in [4.69, 9.17) is 0 Å². The third kappa shape index (κ3) is 19.9. The molecule has 0 fully saturated rings. The molecule has 0 heterocycles. The molecule has 0 bridgehead atoms. The second-order valence-corrected chi connectivity index (χ2v) is 9.46. The molecule has 2 atom stereocenters. The molecule has 6 heteroatoms. The zero-order chi connectivity index (χ0) is 19.7. The summed E-state index contributed by atoms with van der Waals surface area (Å²) in [6.45, 7) is 4.27. The number of unbranched alkanes of at least 4 members (excludes halogenated alkanes) is 10. The third-order valence-electron chi connectivity index (χ3n) is 5.22. The molecule has 158 valence electrons. The van der Waals surface area contributed by atoms with Gasteiger partial charge in [-0.1, -0.05) is 97.3 Å². The van der Waals surface area contributed by atoms with Crippen LogP contribution in [0.15, 0.2) is 0 Å². The summed E-state index contributed by atoms with van der Waals surface area (Å²) in [5.41, 5.74) is 0. The first-order valence-corrected chi connectivity index (χ1v) is 12.5. The zero-order valence-electron chi connectivity index (χ0n) is 18.3. The van der Waals surface area contributed by atoms with Gasteiger partial charge in [0.1, 0.15) is 0 Å². The van der Waals surface area contributed by atoms with Crippen LogP contribution in [0.25, 0.3) is 0 Å². The van der Waals surface area contributed by atoms with Crippen molar-refractivity contribution in [2.24, 2.45) is 0 Å². The predicted octanol–water partition coefficient (Wildman–Crippen LogP) is 2.94. The smallest absolute Gasteiger partial charge is 0.748 e. The summed E-state index contributed by atoms with van der Waals surface area (Å²) in [6, 6.07) is 0. The summed E-state index contributed by atoms with van der Waals surface area (Å²) in [5, 5.41) is 8.99. The fraction of sp³-hybridized carbons (Fsp3) is 1.00. The van der Waals surface area contributed by atoms with Crippen molar-refractivity contribution in [2.75, 3.05) is 0 Å². The van der Waals surface area contributed by atoms with Crippen LogP contribution in [0.1, 0.15) is 123 Å². The van der Waals surface area contributed by atoms with E-state index in [1.807, 2.05) is 0 Å². The van der Waals surface area contributed by atoms with E-state index in [1.54, 1.807) is 0 Å². The van der Waals surface area contributed by atoms with Crippen LogP contribution in [-0.4, -0.2) is 29.4 Å². The Balaban J connectivity index is 0. The quantitative estimate of drug-likeness (QED) is 0.200. The van der Waals surface area contributed by atoms with Gasteiger partial charge in [0.15, 0.2) is 0 Å². The fourth-order valence-corrected chi connectivity index (χ4v) is 4.43. The molecule has 0 saturated heterocycles. The summed E-state index contributed by atoms with van der Waals surface area (Å²) in [7, 11) is -4.16.